The van der Waals surface area contributed by atoms with E-state index < -0.39 is 15.7 Å². The molecule has 0 amide bonds. The lowest BCUT2D eigenvalue weighted by molar-refractivity contribution is 0.387. The van der Waals surface area contributed by atoms with Crippen molar-refractivity contribution in [2.24, 2.45) is 0 Å². The van der Waals surface area contributed by atoms with E-state index in [0.29, 0.717) is 11.5 Å². The molecule has 24 heavy (non-hydrogen) atoms. The Balaban J connectivity index is 1.90. The molecule has 0 spiro atoms. The van der Waals surface area contributed by atoms with Crippen LogP contribution in [0.4, 0.5) is 0 Å². The first-order valence-electron chi connectivity index (χ1n) is 7.32. The number of nitriles is 1. The first-order valence-corrected chi connectivity index (χ1v) is 8.76. The monoisotopic (exact) mass is 352 g/mol. The van der Waals surface area contributed by atoms with Gasteiger partial charge in [-0.1, -0.05) is 5.16 Å². The molecule has 3 heterocycles. The smallest absolute Gasteiger partial charge is 0.346 e. The van der Waals surface area contributed by atoms with Crippen molar-refractivity contribution in [1.82, 2.24) is 23.8 Å². The van der Waals surface area contributed by atoms with Crippen LogP contribution < -0.4 is 5.69 Å². The third-order valence-electron chi connectivity index (χ3n) is 3.94. The van der Waals surface area contributed by atoms with Crippen molar-refractivity contribution in [3.05, 3.63) is 27.8 Å². The number of nitrogens with zero attached hydrogens (tertiary/aromatic N) is 6. The summed E-state index contributed by atoms with van der Waals surface area (Å²) < 4.78 is 34.5. The van der Waals surface area contributed by atoms with Crippen LogP contribution in [-0.2, 0) is 29.5 Å². The summed E-state index contributed by atoms with van der Waals surface area (Å²) in [5, 5.41) is 16.5. The van der Waals surface area contributed by atoms with Crippen LogP contribution in [0.1, 0.15) is 17.3 Å². The van der Waals surface area contributed by atoms with E-state index >= 15 is 0 Å². The zero-order valence-corrected chi connectivity index (χ0v) is 14.1. The average molecular weight is 352 g/mol. The highest BCUT2D eigenvalue weighted by Gasteiger charge is 2.33. The van der Waals surface area contributed by atoms with E-state index in [1.165, 1.54) is 8.87 Å². The number of hydrogen-bond donors (Lipinski definition) is 0. The van der Waals surface area contributed by atoms with Gasteiger partial charge in [-0.2, -0.15) is 19.3 Å². The molecule has 0 atom stereocenters. The lowest BCUT2D eigenvalue weighted by atomic mass is 10.4. The zero-order chi connectivity index (χ0) is 17.5. The molecule has 1 aliphatic rings. The number of fused-ring (bicyclic) bond motifs is 1. The molecular formula is C13H16N6O4S. The van der Waals surface area contributed by atoms with Gasteiger partial charge in [0.1, 0.15) is 23.0 Å². The van der Waals surface area contributed by atoms with Crippen molar-refractivity contribution in [3.8, 4) is 6.07 Å². The first kappa shape index (κ1) is 16.4. The molecule has 0 bridgehead atoms. The van der Waals surface area contributed by atoms with Crippen molar-refractivity contribution in [3.63, 3.8) is 0 Å². The number of aryl methyl sites for hydroxylation is 2. The second kappa shape index (κ2) is 5.88. The minimum absolute atomic E-state index is 0.0731. The van der Waals surface area contributed by atoms with Gasteiger partial charge in [0.15, 0.2) is 5.76 Å². The fourth-order valence-corrected chi connectivity index (χ4v) is 4.55. The normalized spacial score (nSPS) is 15.7. The summed E-state index contributed by atoms with van der Waals surface area (Å²) in [5.74, 6) is 0.720. The highest BCUT2D eigenvalue weighted by Crippen LogP contribution is 2.24. The molecule has 0 aromatic carbocycles. The third-order valence-corrected chi connectivity index (χ3v) is 6.09. The minimum Gasteiger partial charge on any atom is -0.360 e. The lowest BCUT2D eigenvalue weighted by Crippen LogP contribution is -2.35. The van der Waals surface area contributed by atoms with Gasteiger partial charge in [0, 0.05) is 26.1 Å². The van der Waals surface area contributed by atoms with Crippen molar-refractivity contribution in [1.29, 1.82) is 5.26 Å². The largest absolute Gasteiger partial charge is 0.360 e. The predicted octanol–water partition coefficient (Wildman–Crippen LogP) is -0.580. The summed E-state index contributed by atoms with van der Waals surface area (Å²) in [6.45, 7) is 3.51. The summed E-state index contributed by atoms with van der Waals surface area (Å²) in [7, 11) is -3.76. The molecule has 0 saturated heterocycles. The van der Waals surface area contributed by atoms with Gasteiger partial charge in [-0.3, -0.25) is 4.57 Å². The minimum atomic E-state index is -3.76. The lowest BCUT2D eigenvalue weighted by Gasteiger charge is -2.19. The second-order valence-corrected chi connectivity index (χ2v) is 7.35. The maximum atomic E-state index is 12.8. The molecule has 0 N–H and O–H groups in total. The van der Waals surface area contributed by atoms with Crippen LogP contribution in [0.25, 0.3) is 0 Å². The SMILES string of the molecule is Cc1noc(C)c1S(=O)(=O)N1CCc2nn(CC#N)c(=O)n2CC1. The van der Waals surface area contributed by atoms with E-state index in [4.69, 9.17) is 9.78 Å². The van der Waals surface area contributed by atoms with Crippen molar-refractivity contribution < 1.29 is 12.9 Å². The molecule has 2 aromatic heterocycles. The molecule has 0 aliphatic carbocycles. The predicted molar refractivity (Wildman–Crippen MR) is 80.5 cm³/mol. The van der Waals surface area contributed by atoms with Crippen LogP contribution in [0.15, 0.2) is 14.2 Å². The molecule has 2 aromatic rings. The fourth-order valence-electron chi connectivity index (χ4n) is 2.83. The molecule has 10 nitrogen and oxygen atoms in total. The number of sulfonamides is 1. The summed E-state index contributed by atoms with van der Waals surface area (Å²) in [6, 6.07) is 1.88. The van der Waals surface area contributed by atoms with Crippen LogP contribution in [0.3, 0.4) is 0 Å². The zero-order valence-electron chi connectivity index (χ0n) is 13.3. The Morgan fingerprint density at radius 1 is 1.29 bits per heavy atom. The molecule has 3 rings (SSSR count). The fraction of sp³-hybridized carbons (Fsp3) is 0.538. The van der Waals surface area contributed by atoms with Gasteiger partial charge in [0.2, 0.25) is 10.0 Å². The number of rotatable bonds is 3. The van der Waals surface area contributed by atoms with E-state index in [-0.39, 0.29) is 43.3 Å². The maximum Gasteiger partial charge on any atom is 0.346 e. The van der Waals surface area contributed by atoms with Gasteiger partial charge in [-0.05, 0) is 13.8 Å². The summed E-state index contributed by atoms with van der Waals surface area (Å²) >= 11 is 0. The van der Waals surface area contributed by atoms with Gasteiger partial charge >= 0.3 is 5.69 Å². The van der Waals surface area contributed by atoms with Crippen LogP contribution in [0.5, 0.6) is 0 Å². The van der Waals surface area contributed by atoms with E-state index in [9.17, 15) is 13.2 Å². The molecule has 0 fully saturated rings. The van der Waals surface area contributed by atoms with Crippen LogP contribution >= 0.6 is 0 Å². The number of hydrogen-bond acceptors (Lipinski definition) is 7. The number of aromatic nitrogens is 4. The topological polar surface area (TPSA) is 127 Å². The quantitative estimate of drug-likeness (QED) is 0.723. The van der Waals surface area contributed by atoms with Crippen LogP contribution in [0, 0.1) is 25.2 Å². The van der Waals surface area contributed by atoms with E-state index in [1.807, 2.05) is 6.07 Å². The standard InChI is InChI=1S/C13H16N6O4S/c1-9-12(10(2)23-16-9)24(21,22)17-5-3-11-15-19(6-4-14)13(20)18(11)8-7-17/h3,5-8H2,1-2H3. The molecule has 128 valence electrons. The summed E-state index contributed by atoms with van der Waals surface area (Å²) in [6.07, 6.45) is 0.288. The summed E-state index contributed by atoms with van der Waals surface area (Å²) in [4.78, 5) is 12.2. The first-order chi connectivity index (χ1) is 11.4. The second-order valence-electron chi connectivity index (χ2n) is 5.47. The average Bonchev–Trinajstić information content (AvgIpc) is 2.91. The van der Waals surface area contributed by atoms with E-state index in [2.05, 4.69) is 10.3 Å². The van der Waals surface area contributed by atoms with E-state index in [1.54, 1.807) is 13.8 Å². The molecule has 1 aliphatic heterocycles. The van der Waals surface area contributed by atoms with Gasteiger partial charge in [0.05, 0.1) is 6.07 Å². The van der Waals surface area contributed by atoms with Crippen LogP contribution in [0.2, 0.25) is 0 Å². The van der Waals surface area contributed by atoms with Gasteiger partial charge in [-0.15, -0.1) is 0 Å². The Morgan fingerprint density at radius 3 is 2.67 bits per heavy atom. The highest BCUT2D eigenvalue weighted by atomic mass is 32.2. The molecule has 0 radical (unpaired) electrons. The third kappa shape index (κ3) is 2.53. The molecule has 0 saturated carbocycles. The maximum absolute atomic E-state index is 12.8. The Labute approximate surface area is 137 Å². The van der Waals surface area contributed by atoms with Gasteiger partial charge < -0.3 is 4.52 Å². The van der Waals surface area contributed by atoms with Crippen molar-refractivity contribution in [2.45, 2.75) is 38.3 Å². The van der Waals surface area contributed by atoms with Gasteiger partial charge in [-0.25, -0.2) is 13.2 Å². The molecule has 0 unspecified atom stereocenters. The molecular weight excluding hydrogens is 336 g/mol. The Hall–Kier alpha value is -2.45. The highest BCUT2D eigenvalue weighted by molar-refractivity contribution is 7.89. The van der Waals surface area contributed by atoms with Gasteiger partial charge in [0.25, 0.3) is 0 Å². The van der Waals surface area contributed by atoms with Crippen LogP contribution in [-0.4, -0.2) is 45.3 Å². The van der Waals surface area contributed by atoms with Crippen molar-refractivity contribution in [2.75, 3.05) is 13.1 Å². The molecule has 11 heteroatoms. The van der Waals surface area contributed by atoms with E-state index in [0.717, 1.165) is 4.68 Å². The van der Waals surface area contributed by atoms with Crippen molar-refractivity contribution >= 4 is 10.0 Å². The Morgan fingerprint density at radius 2 is 2.04 bits per heavy atom. The Bertz CT molecular complexity index is 958. The Kier molecular flexibility index (Phi) is 4.02. The summed E-state index contributed by atoms with van der Waals surface area (Å²) in [5.41, 5.74) is -0.0889.